The quantitative estimate of drug-likeness (QED) is 0.294. The number of amides is 1. The fourth-order valence-electron chi connectivity index (χ4n) is 6.04. The van der Waals surface area contributed by atoms with Gasteiger partial charge in [0.2, 0.25) is 15.9 Å². The van der Waals surface area contributed by atoms with Crippen LogP contribution in [-0.2, 0) is 32.6 Å². The number of pyridine rings is 1. The number of carbonyl (C=O) groups excluding carboxylic acids is 1. The van der Waals surface area contributed by atoms with E-state index in [0.29, 0.717) is 54.2 Å². The Bertz CT molecular complexity index is 1760. The van der Waals surface area contributed by atoms with Gasteiger partial charge in [-0.1, -0.05) is 6.07 Å². The number of nitrogens with zero attached hydrogens (tertiary/aromatic N) is 4. The zero-order chi connectivity index (χ0) is 34.0. The number of aryl methyl sites for hydroxylation is 1. The summed E-state index contributed by atoms with van der Waals surface area (Å²) in [5.41, 5.74) is -3.82. The van der Waals surface area contributed by atoms with Crippen LogP contribution in [0.5, 0.6) is 0 Å². The molecule has 2 aliphatic rings. The first kappa shape index (κ1) is 33.6. The van der Waals surface area contributed by atoms with Crippen molar-refractivity contribution in [2.24, 2.45) is 0 Å². The first-order valence-corrected chi connectivity index (χ1v) is 15.9. The van der Waals surface area contributed by atoms with E-state index in [1.165, 1.54) is 49.6 Å². The number of benzene rings is 2. The van der Waals surface area contributed by atoms with Crippen LogP contribution in [0.2, 0.25) is 0 Å². The van der Waals surface area contributed by atoms with E-state index < -0.39 is 56.2 Å². The van der Waals surface area contributed by atoms with Crippen LogP contribution in [0.4, 0.5) is 42.2 Å². The zero-order valence-electron chi connectivity index (χ0n) is 25.3. The second-order valence-electron chi connectivity index (χ2n) is 12.1. The van der Waals surface area contributed by atoms with Gasteiger partial charge in [-0.25, -0.2) is 17.8 Å². The molecule has 0 radical (unpaired) electrons. The summed E-state index contributed by atoms with van der Waals surface area (Å²) < 4.78 is 122. The highest BCUT2D eigenvalue weighted by atomic mass is 32.2. The minimum atomic E-state index is -5.10. The Kier molecular flexibility index (Phi) is 8.42. The van der Waals surface area contributed by atoms with Crippen LogP contribution in [0.25, 0.3) is 11.1 Å². The molecular weight excluding hydrogens is 641 g/mol. The number of likely N-dealkylation sites (N-methyl/N-ethyl adjacent to an activating group) is 1. The molecule has 7 nitrogen and oxygen atoms in total. The molecule has 2 aromatic carbocycles. The summed E-state index contributed by atoms with van der Waals surface area (Å²) in [6, 6.07) is 6.52. The van der Waals surface area contributed by atoms with Crippen molar-refractivity contribution in [3.05, 3.63) is 76.7 Å². The highest BCUT2D eigenvalue weighted by Crippen LogP contribution is 2.41. The molecule has 1 amide bonds. The molecule has 3 aromatic rings. The highest BCUT2D eigenvalue weighted by molar-refractivity contribution is 7.89. The molecule has 0 spiro atoms. The first-order chi connectivity index (χ1) is 21.2. The summed E-state index contributed by atoms with van der Waals surface area (Å²) in [6.45, 7) is 5.08. The Balaban J connectivity index is 1.56. The zero-order valence-corrected chi connectivity index (χ0v) is 26.1. The van der Waals surface area contributed by atoms with Crippen LogP contribution in [0.3, 0.4) is 0 Å². The molecular formula is C31H31F7N4O3S. The number of hydrogen-bond donors (Lipinski definition) is 0. The number of piperazine rings is 1. The lowest BCUT2D eigenvalue weighted by Gasteiger charge is -2.37. The van der Waals surface area contributed by atoms with Gasteiger partial charge in [0.25, 0.3) is 0 Å². The third kappa shape index (κ3) is 6.31. The van der Waals surface area contributed by atoms with Gasteiger partial charge in [-0.2, -0.15) is 30.6 Å². The molecule has 1 aromatic heterocycles. The van der Waals surface area contributed by atoms with Crippen LogP contribution < -0.4 is 9.80 Å². The van der Waals surface area contributed by atoms with Gasteiger partial charge in [-0.3, -0.25) is 4.79 Å². The van der Waals surface area contributed by atoms with Gasteiger partial charge in [-0.15, -0.1) is 0 Å². The van der Waals surface area contributed by atoms with E-state index in [1.807, 2.05) is 4.90 Å². The van der Waals surface area contributed by atoms with Crippen molar-refractivity contribution in [1.29, 1.82) is 0 Å². The number of rotatable bonds is 5. The Labute approximate surface area is 261 Å². The van der Waals surface area contributed by atoms with Crippen LogP contribution in [0, 0.1) is 12.7 Å². The largest absolute Gasteiger partial charge is 0.416 e. The molecule has 15 heteroatoms. The molecule has 46 heavy (non-hydrogen) atoms. The Morgan fingerprint density at radius 3 is 2.11 bits per heavy atom. The lowest BCUT2D eigenvalue weighted by molar-refractivity contribution is -0.143. The van der Waals surface area contributed by atoms with E-state index in [4.69, 9.17) is 0 Å². The Morgan fingerprint density at radius 2 is 1.52 bits per heavy atom. The number of anilines is 2. The molecule has 5 rings (SSSR count). The van der Waals surface area contributed by atoms with Crippen LogP contribution in [0.15, 0.2) is 48.7 Å². The number of aromatic nitrogens is 1. The van der Waals surface area contributed by atoms with Gasteiger partial charge in [0.15, 0.2) is 0 Å². The second-order valence-corrected chi connectivity index (χ2v) is 14.2. The molecule has 1 atom stereocenters. The van der Waals surface area contributed by atoms with Crippen molar-refractivity contribution in [2.75, 3.05) is 42.2 Å². The summed E-state index contributed by atoms with van der Waals surface area (Å²) >= 11 is 0. The fraction of sp³-hybridized carbons (Fsp3) is 0.419. The van der Waals surface area contributed by atoms with Gasteiger partial charge in [0.05, 0.1) is 34.2 Å². The highest BCUT2D eigenvalue weighted by Gasteiger charge is 2.43. The standard InChI is InChI=1S/C31H31F7N4O3S/c1-18-11-22(32)5-6-24(18)25-15-27(41-8-9-42-23(17-41)7-10-46(42,44)45)39-16-26(25)40(4)28(43)29(2,3)19-12-20(30(33,34)35)14-21(13-19)31(36,37)38/h5-6,11-16,23H,7-10,17H2,1-4H3/t23-/m1/s1. The Morgan fingerprint density at radius 1 is 0.913 bits per heavy atom. The summed E-state index contributed by atoms with van der Waals surface area (Å²) in [7, 11) is -1.98. The third-order valence-electron chi connectivity index (χ3n) is 8.68. The average molecular weight is 673 g/mol. The molecule has 0 saturated carbocycles. The molecule has 0 N–H and O–H groups in total. The smallest absolute Gasteiger partial charge is 0.354 e. The first-order valence-electron chi connectivity index (χ1n) is 14.3. The number of sulfonamides is 1. The van der Waals surface area contributed by atoms with E-state index >= 15 is 0 Å². The molecule has 2 aliphatic heterocycles. The number of halogens is 7. The Hall–Kier alpha value is -3.72. The van der Waals surface area contributed by atoms with Crippen LogP contribution >= 0.6 is 0 Å². The molecule has 0 bridgehead atoms. The third-order valence-corrected chi connectivity index (χ3v) is 10.6. The number of hydrogen-bond acceptors (Lipinski definition) is 5. The number of carbonyl (C=O) groups is 1. The topological polar surface area (TPSA) is 73.8 Å². The van der Waals surface area contributed by atoms with Crippen molar-refractivity contribution in [3.63, 3.8) is 0 Å². The van der Waals surface area contributed by atoms with E-state index in [2.05, 4.69) is 4.98 Å². The second kappa shape index (κ2) is 11.5. The van der Waals surface area contributed by atoms with E-state index in [-0.39, 0.29) is 30.1 Å². The molecule has 2 saturated heterocycles. The molecule has 0 aliphatic carbocycles. The van der Waals surface area contributed by atoms with Crippen molar-refractivity contribution < 1.29 is 43.9 Å². The van der Waals surface area contributed by atoms with Gasteiger partial charge >= 0.3 is 12.4 Å². The summed E-state index contributed by atoms with van der Waals surface area (Å²) in [5, 5.41) is 0. The average Bonchev–Trinajstić information content (AvgIpc) is 3.28. The van der Waals surface area contributed by atoms with Gasteiger partial charge in [0.1, 0.15) is 11.6 Å². The van der Waals surface area contributed by atoms with Crippen LogP contribution in [0.1, 0.15) is 42.5 Å². The maximum atomic E-state index is 14.1. The molecule has 248 valence electrons. The predicted octanol–water partition coefficient (Wildman–Crippen LogP) is 6.40. The van der Waals surface area contributed by atoms with Gasteiger partial charge in [0, 0.05) is 38.3 Å². The normalized spacial score (nSPS) is 18.8. The van der Waals surface area contributed by atoms with Gasteiger partial charge in [-0.05, 0) is 80.3 Å². The summed E-state index contributed by atoms with van der Waals surface area (Å²) in [6.07, 6.45) is -8.37. The molecule has 2 fully saturated rings. The molecule has 3 heterocycles. The lowest BCUT2D eigenvalue weighted by Crippen LogP contribution is -2.51. The molecule has 0 unspecified atom stereocenters. The van der Waals surface area contributed by atoms with Crippen molar-refractivity contribution >= 4 is 27.4 Å². The monoisotopic (exact) mass is 672 g/mol. The van der Waals surface area contributed by atoms with Crippen molar-refractivity contribution in [2.45, 2.75) is 51.0 Å². The van der Waals surface area contributed by atoms with Gasteiger partial charge < -0.3 is 9.80 Å². The van der Waals surface area contributed by atoms with E-state index in [0.717, 1.165) is 4.90 Å². The van der Waals surface area contributed by atoms with Crippen molar-refractivity contribution in [1.82, 2.24) is 9.29 Å². The number of alkyl halides is 6. The number of fused-ring (bicyclic) bond motifs is 1. The maximum absolute atomic E-state index is 14.1. The van der Waals surface area contributed by atoms with Crippen LogP contribution in [-0.4, -0.2) is 62.1 Å². The van der Waals surface area contributed by atoms with E-state index in [9.17, 15) is 43.9 Å². The summed E-state index contributed by atoms with van der Waals surface area (Å²) in [5.74, 6) is -0.817. The fourth-order valence-corrected chi connectivity index (χ4v) is 7.83. The SMILES string of the molecule is Cc1cc(F)ccc1-c1cc(N2CCN3[C@H](CCS3(=O)=O)C2)ncc1N(C)C(=O)C(C)(C)c1cc(C(F)(F)F)cc(C(F)(F)F)c1. The summed E-state index contributed by atoms with van der Waals surface area (Å²) in [4.78, 5) is 21.5. The van der Waals surface area contributed by atoms with Crippen molar-refractivity contribution in [3.8, 4) is 11.1 Å². The minimum absolute atomic E-state index is 0.00659. The van der Waals surface area contributed by atoms with E-state index in [1.54, 1.807) is 13.0 Å². The predicted molar refractivity (Wildman–Crippen MR) is 158 cm³/mol. The maximum Gasteiger partial charge on any atom is 0.416 e. The lowest BCUT2D eigenvalue weighted by atomic mass is 9.81. The minimum Gasteiger partial charge on any atom is -0.354 e.